The molecule has 10 heteroatoms. The Kier molecular flexibility index (Phi) is 5.97. The van der Waals surface area contributed by atoms with Crippen LogP contribution in [0.3, 0.4) is 0 Å². The lowest BCUT2D eigenvalue weighted by Crippen LogP contribution is -2.48. The van der Waals surface area contributed by atoms with E-state index in [4.69, 9.17) is 0 Å². The summed E-state index contributed by atoms with van der Waals surface area (Å²) in [6.07, 6.45) is 1.44. The van der Waals surface area contributed by atoms with Gasteiger partial charge in [-0.2, -0.15) is 4.31 Å². The van der Waals surface area contributed by atoms with Crippen LogP contribution in [0, 0.1) is 12.7 Å². The number of hydrogen-bond acceptors (Lipinski definition) is 5. The van der Waals surface area contributed by atoms with Crippen LogP contribution in [0.1, 0.15) is 18.4 Å². The zero-order chi connectivity index (χ0) is 22.2. The first kappa shape index (κ1) is 22.0. The van der Waals surface area contributed by atoms with Crippen molar-refractivity contribution in [3.05, 3.63) is 53.8 Å². The average molecular weight is 468 g/mol. The van der Waals surface area contributed by atoms with Gasteiger partial charge in [0, 0.05) is 38.4 Å². The molecule has 2 aliphatic rings. The minimum absolute atomic E-state index is 0.116. The van der Waals surface area contributed by atoms with Gasteiger partial charge in [0.25, 0.3) is 0 Å². The van der Waals surface area contributed by atoms with E-state index in [0.717, 1.165) is 12.1 Å². The standard InChI is InChI=1S/C21H26FN3O4S2/c1-17-16-20(25-10-2-3-15-30(25,26)27)8-9-21(17)31(28,29)24-13-11-23(12-14-24)19-6-4-18(22)5-7-19/h4-9,16H,2-3,10-15H2,1H3. The lowest BCUT2D eigenvalue weighted by Gasteiger charge is -2.35. The summed E-state index contributed by atoms with van der Waals surface area (Å²) in [6, 6.07) is 10.9. The van der Waals surface area contributed by atoms with Crippen molar-refractivity contribution in [1.29, 1.82) is 0 Å². The zero-order valence-corrected chi connectivity index (χ0v) is 19.0. The van der Waals surface area contributed by atoms with Gasteiger partial charge in [-0.3, -0.25) is 4.31 Å². The van der Waals surface area contributed by atoms with Crippen LogP contribution in [0.15, 0.2) is 47.4 Å². The van der Waals surface area contributed by atoms with Gasteiger partial charge in [0.05, 0.1) is 16.3 Å². The molecule has 31 heavy (non-hydrogen) atoms. The Morgan fingerprint density at radius 3 is 2.13 bits per heavy atom. The molecule has 168 valence electrons. The maximum atomic E-state index is 13.2. The van der Waals surface area contributed by atoms with Crippen LogP contribution < -0.4 is 9.21 Å². The summed E-state index contributed by atoms with van der Waals surface area (Å²) in [5, 5.41) is 0. The van der Waals surface area contributed by atoms with Crippen molar-refractivity contribution in [2.24, 2.45) is 0 Å². The maximum Gasteiger partial charge on any atom is 0.243 e. The third-order valence-electron chi connectivity index (χ3n) is 5.84. The molecule has 2 aliphatic heterocycles. The first-order valence-corrected chi connectivity index (χ1v) is 13.4. The van der Waals surface area contributed by atoms with Crippen molar-refractivity contribution in [2.75, 3.05) is 47.7 Å². The molecule has 0 spiro atoms. The number of halogens is 1. The quantitative estimate of drug-likeness (QED) is 0.691. The van der Waals surface area contributed by atoms with Crippen LogP contribution in [-0.4, -0.2) is 59.6 Å². The van der Waals surface area contributed by atoms with E-state index in [1.54, 1.807) is 31.2 Å². The Morgan fingerprint density at radius 2 is 1.52 bits per heavy atom. The van der Waals surface area contributed by atoms with Crippen LogP contribution in [-0.2, 0) is 20.0 Å². The molecule has 0 atom stereocenters. The van der Waals surface area contributed by atoms with E-state index in [9.17, 15) is 21.2 Å². The molecule has 0 bridgehead atoms. The third-order valence-corrected chi connectivity index (χ3v) is 9.77. The summed E-state index contributed by atoms with van der Waals surface area (Å²) in [6.45, 7) is 3.77. The molecule has 0 radical (unpaired) electrons. The summed E-state index contributed by atoms with van der Waals surface area (Å²) in [5.41, 5.74) is 1.90. The summed E-state index contributed by atoms with van der Waals surface area (Å²) >= 11 is 0. The van der Waals surface area contributed by atoms with E-state index < -0.39 is 20.0 Å². The summed E-state index contributed by atoms with van der Waals surface area (Å²) in [5.74, 6) is -0.189. The van der Waals surface area contributed by atoms with E-state index in [-0.39, 0.29) is 16.5 Å². The summed E-state index contributed by atoms with van der Waals surface area (Å²) < 4.78 is 67.2. The van der Waals surface area contributed by atoms with Crippen LogP contribution in [0.25, 0.3) is 0 Å². The van der Waals surface area contributed by atoms with Crippen molar-refractivity contribution in [3.8, 4) is 0 Å². The maximum absolute atomic E-state index is 13.2. The highest BCUT2D eigenvalue weighted by atomic mass is 32.2. The Labute approximate surface area is 183 Å². The molecule has 2 saturated heterocycles. The van der Waals surface area contributed by atoms with E-state index in [2.05, 4.69) is 0 Å². The van der Waals surface area contributed by atoms with Crippen LogP contribution >= 0.6 is 0 Å². The van der Waals surface area contributed by atoms with Gasteiger partial charge in [0.2, 0.25) is 20.0 Å². The fourth-order valence-electron chi connectivity index (χ4n) is 4.13. The van der Waals surface area contributed by atoms with Gasteiger partial charge in [-0.1, -0.05) is 0 Å². The van der Waals surface area contributed by atoms with Gasteiger partial charge in [0.15, 0.2) is 0 Å². The highest BCUT2D eigenvalue weighted by Gasteiger charge is 2.31. The minimum Gasteiger partial charge on any atom is -0.369 e. The molecule has 0 unspecified atom stereocenters. The normalized spacial score (nSPS) is 20.1. The van der Waals surface area contributed by atoms with Gasteiger partial charge in [-0.25, -0.2) is 21.2 Å². The van der Waals surface area contributed by atoms with Gasteiger partial charge in [0.1, 0.15) is 5.82 Å². The smallest absolute Gasteiger partial charge is 0.243 e. The van der Waals surface area contributed by atoms with E-state index in [0.29, 0.717) is 50.4 Å². The molecule has 0 saturated carbocycles. The first-order chi connectivity index (χ1) is 14.7. The minimum atomic E-state index is -3.70. The highest BCUT2D eigenvalue weighted by Crippen LogP contribution is 2.29. The number of rotatable bonds is 4. The van der Waals surface area contributed by atoms with Crippen LogP contribution in [0.4, 0.5) is 15.8 Å². The SMILES string of the molecule is Cc1cc(N2CCCCS2(=O)=O)ccc1S(=O)(=O)N1CCN(c2ccc(F)cc2)CC1. The predicted octanol–water partition coefficient (Wildman–Crippen LogP) is 2.58. The number of anilines is 2. The van der Waals surface area contributed by atoms with Crippen LogP contribution in [0.2, 0.25) is 0 Å². The summed E-state index contributed by atoms with van der Waals surface area (Å²) in [7, 11) is -7.06. The Morgan fingerprint density at radius 1 is 0.871 bits per heavy atom. The van der Waals surface area contributed by atoms with Crippen molar-refractivity contribution < 1.29 is 21.2 Å². The zero-order valence-electron chi connectivity index (χ0n) is 17.4. The predicted molar refractivity (Wildman–Crippen MR) is 119 cm³/mol. The second kappa shape index (κ2) is 8.40. The monoisotopic (exact) mass is 467 g/mol. The Hall–Kier alpha value is -2.17. The third kappa shape index (κ3) is 4.42. The van der Waals surface area contributed by atoms with E-state index in [1.807, 2.05) is 4.90 Å². The number of sulfonamides is 2. The summed E-state index contributed by atoms with van der Waals surface area (Å²) in [4.78, 5) is 2.23. The number of piperazine rings is 1. The number of hydrogen-bond donors (Lipinski definition) is 0. The molecule has 0 amide bonds. The van der Waals surface area contributed by atoms with Crippen molar-refractivity contribution in [2.45, 2.75) is 24.7 Å². The Bertz CT molecular complexity index is 1160. The fraction of sp³-hybridized carbons (Fsp3) is 0.429. The van der Waals surface area contributed by atoms with Crippen molar-refractivity contribution in [1.82, 2.24) is 4.31 Å². The number of nitrogens with zero attached hydrogens (tertiary/aromatic N) is 3. The Balaban J connectivity index is 1.51. The van der Waals surface area contributed by atoms with Gasteiger partial charge in [-0.15, -0.1) is 0 Å². The van der Waals surface area contributed by atoms with E-state index >= 15 is 0 Å². The van der Waals surface area contributed by atoms with Gasteiger partial charge in [-0.05, 0) is 67.8 Å². The molecule has 0 N–H and O–H groups in total. The first-order valence-electron chi connectivity index (χ1n) is 10.3. The highest BCUT2D eigenvalue weighted by molar-refractivity contribution is 7.92. The van der Waals surface area contributed by atoms with Gasteiger partial charge >= 0.3 is 0 Å². The molecule has 4 rings (SSSR count). The second-order valence-corrected chi connectivity index (χ2v) is 11.8. The van der Waals surface area contributed by atoms with E-state index in [1.165, 1.54) is 26.8 Å². The molecule has 2 aromatic carbocycles. The largest absolute Gasteiger partial charge is 0.369 e. The molecule has 0 aromatic heterocycles. The lowest BCUT2D eigenvalue weighted by atomic mass is 10.2. The topological polar surface area (TPSA) is 78.0 Å². The van der Waals surface area contributed by atoms with Crippen molar-refractivity contribution >= 4 is 31.4 Å². The van der Waals surface area contributed by atoms with Gasteiger partial charge < -0.3 is 4.90 Å². The molecule has 7 nitrogen and oxygen atoms in total. The fourth-order valence-corrected chi connectivity index (χ4v) is 7.39. The average Bonchev–Trinajstić information content (AvgIpc) is 2.74. The number of benzene rings is 2. The second-order valence-electron chi connectivity index (χ2n) is 7.91. The number of aryl methyl sites for hydroxylation is 1. The molecule has 2 heterocycles. The molecular weight excluding hydrogens is 441 g/mol. The molecular formula is C21H26FN3O4S2. The molecule has 2 aromatic rings. The lowest BCUT2D eigenvalue weighted by molar-refractivity contribution is 0.384. The van der Waals surface area contributed by atoms with Crippen LogP contribution in [0.5, 0.6) is 0 Å². The van der Waals surface area contributed by atoms with Crippen molar-refractivity contribution in [3.63, 3.8) is 0 Å². The molecule has 0 aliphatic carbocycles. The molecule has 2 fully saturated rings.